The Morgan fingerprint density at radius 3 is 2.12 bits per heavy atom. The molecule has 5 heteroatoms. The summed E-state index contributed by atoms with van der Waals surface area (Å²) in [5, 5.41) is 0.148. The van der Waals surface area contributed by atoms with Gasteiger partial charge in [0.25, 0.3) is 11.8 Å². The predicted molar refractivity (Wildman–Crippen MR) is 102 cm³/mol. The van der Waals surface area contributed by atoms with Gasteiger partial charge in [-0.2, -0.15) is 0 Å². The largest absolute Gasteiger partial charge is 0.287 e. The van der Waals surface area contributed by atoms with Crippen LogP contribution < -0.4 is 0 Å². The van der Waals surface area contributed by atoms with Gasteiger partial charge in [0.2, 0.25) is 0 Å². The van der Waals surface area contributed by atoms with Gasteiger partial charge in [-0.25, -0.2) is 0 Å². The highest BCUT2D eigenvalue weighted by atomic mass is 32.2. The number of fused-ring (bicyclic) bond motifs is 1. The summed E-state index contributed by atoms with van der Waals surface area (Å²) < 4.78 is 0. The maximum Gasteiger partial charge on any atom is 0.261 e. The molecular weight excluding hydrogens is 346 g/mol. The molecule has 3 rings (SSSR count). The van der Waals surface area contributed by atoms with Gasteiger partial charge < -0.3 is 0 Å². The predicted octanol–water partition coefficient (Wildman–Crippen LogP) is 4.47. The van der Waals surface area contributed by atoms with E-state index < -0.39 is 0 Å². The molecule has 0 atom stereocenters. The van der Waals surface area contributed by atoms with Gasteiger partial charge in [-0.3, -0.25) is 19.3 Å². The van der Waals surface area contributed by atoms with Gasteiger partial charge in [0.05, 0.1) is 11.1 Å². The molecule has 1 aliphatic heterocycles. The van der Waals surface area contributed by atoms with E-state index in [1.54, 1.807) is 24.3 Å². The summed E-state index contributed by atoms with van der Waals surface area (Å²) in [6.07, 6.45) is 2.79. The van der Waals surface area contributed by atoms with Crippen LogP contribution in [0.4, 0.5) is 0 Å². The van der Waals surface area contributed by atoms with Gasteiger partial charge >= 0.3 is 0 Å². The molecule has 1 heterocycles. The highest BCUT2D eigenvalue weighted by Crippen LogP contribution is 2.24. The molecule has 0 aliphatic carbocycles. The van der Waals surface area contributed by atoms with Crippen LogP contribution in [0.25, 0.3) is 0 Å². The van der Waals surface area contributed by atoms with Crippen molar-refractivity contribution in [1.82, 2.24) is 4.90 Å². The number of carbonyl (C=O) groups is 3. The average Bonchev–Trinajstić information content (AvgIpc) is 2.88. The fourth-order valence-corrected chi connectivity index (χ4v) is 3.73. The number of nitrogens with zero attached hydrogens (tertiary/aromatic N) is 1. The molecule has 2 aromatic carbocycles. The van der Waals surface area contributed by atoms with Crippen molar-refractivity contribution in [2.45, 2.75) is 37.5 Å². The first-order valence-corrected chi connectivity index (χ1v) is 9.60. The van der Waals surface area contributed by atoms with Crippen LogP contribution in [0.2, 0.25) is 0 Å². The van der Waals surface area contributed by atoms with Crippen LogP contribution in [0.3, 0.4) is 0 Å². The third-order valence-corrected chi connectivity index (χ3v) is 5.33. The Bertz CT molecular complexity index is 794. The minimum atomic E-state index is -0.211. The Morgan fingerprint density at radius 1 is 0.885 bits per heavy atom. The quantitative estimate of drug-likeness (QED) is 0.412. The second-order valence-corrected chi connectivity index (χ2v) is 7.54. The summed E-state index contributed by atoms with van der Waals surface area (Å²) in [5.74, 6) is -0.423. The van der Waals surface area contributed by atoms with Crippen LogP contribution in [-0.4, -0.2) is 28.4 Å². The fourth-order valence-electron chi connectivity index (χ4n) is 2.95. The summed E-state index contributed by atoms with van der Waals surface area (Å²) in [7, 11) is 0. The molecule has 0 saturated heterocycles. The number of thioether (sulfide) groups is 1. The molecule has 2 amide bonds. The molecule has 0 N–H and O–H groups in total. The number of amides is 2. The summed E-state index contributed by atoms with van der Waals surface area (Å²) in [6.45, 7) is 2.43. The van der Waals surface area contributed by atoms with E-state index in [1.807, 2.05) is 31.2 Å². The molecular formula is C21H21NO3S. The molecule has 4 nitrogen and oxygen atoms in total. The Morgan fingerprint density at radius 2 is 1.50 bits per heavy atom. The Kier molecular flexibility index (Phi) is 5.89. The summed E-state index contributed by atoms with van der Waals surface area (Å²) in [6, 6.07) is 14.8. The van der Waals surface area contributed by atoms with Crippen molar-refractivity contribution in [3.05, 3.63) is 65.2 Å². The molecule has 0 spiro atoms. The van der Waals surface area contributed by atoms with E-state index in [1.165, 1.54) is 22.2 Å². The fraction of sp³-hybridized carbons (Fsp3) is 0.286. The normalized spacial score (nSPS) is 13.2. The Balaban J connectivity index is 1.38. The Hall–Kier alpha value is -2.40. The van der Waals surface area contributed by atoms with Gasteiger partial charge in [0.15, 0.2) is 5.12 Å². The monoisotopic (exact) mass is 367 g/mol. The van der Waals surface area contributed by atoms with Crippen molar-refractivity contribution in [3.63, 3.8) is 0 Å². The molecule has 0 bridgehead atoms. The van der Waals surface area contributed by atoms with E-state index in [0.29, 0.717) is 30.5 Å². The number of hydrogen-bond donors (Lipinski definition) is 0. The lowest BCUT2D eigenvalue weighted by Crippen LogP contribution is -2.30. The summed E-state index contributed by atoms with van der Waals surface area (Å²) in [4.78, 5) is 38.8. The van der Waals surface area contributed by atoms with Crippen LogP contribution in [0.5, 0.6) is 0 Å². The first kappa shape index (κ1) is 18.4. The number of carbonyl (C=O) groups excluding carboxylic acids is 3. The third kappa shape index (κ3) is 4.22. The molecule has 1 aliphatic rings. The van der Waals surface area contributed by atoms with Crippen LogP contribution >= 0.6 is 11.8 Å². The van der Waals surface area contributed by atoms with Crippen molar-refractivity contribution in [1.29, 1.82) is 0 Å². The number of unbranched alkanes of at least 4 members (excludes halogenated alkanes) is 2. The summed E-state index contributed by atoms with van der Waals surface area (Å²) in [5.41, 5.74) is 2.15. The highest BCUT2D eigenvalue weighted by Gasteiger charge is 2.34. The van der Waals surface area contributed by atoms with Crippen molar-refractivity contribution in [2.75, 3.05) is 6.54 Å². The number of imide groups is 1. The number of benzene rings is 2. The first-order valence-electron chi connectivity index (χ1n) is 8.79. The molecule has 0 saturated carbocycles. The van der Waals surface area contributed by atoms with Gasteiger partial charge in [-0.1, -0.05) is 48.0 Å². The molecule has 0 radical (unpaired) electrons. The van der Waals surface area contributed by atoms with Gasteiger partial charge in [-0.15, -0.1) is 0 Å². The van der Waals surface area contributed by atoms with Gasteiger partial charge in [0, 0.05) is 17.9 Å². The van der Waals surface area contributed by atoms with E-state index in [-0.39, 0.29) is 16.9 Å². The smallest absolute Gasteiger partial charge is 0.261 e. The lowest BCUT2D eigenvalue weighted by Gasteiger charge is -2.13. The average molecular weight is 367 g/mol. The van der Waals surface area contributed by atoms with Crippen LogP contribution in [-0.2, 0) is 4.79 Å². The standard InChI is InChI=1S/C21H21NO3S/c1-15-10-12-16(13-11-15)26-19(23)9-3-2-6-14-22-20(24)17-7-4-5-8-18(17)21(22)25/h4-5,7-8,10-13H,2-3,6,9,14H2,1H3. The molecule has 0 fully saturated rings. The maximum absolute atomic E-state index is 12.3. The van der Waals surface area contributed by atoms with Crippen molar-refractivity contribution in [2.24, 2.45) is 0 Å². The third-order valence-electron chi connectivity index (χ3n) is 4.39. The summed E-state index contributed by atoms with van der Waals surface area (Å²) >= 11 is 1.27. The van der Waals surface area contributed by atoms with Gasteiger partial charge in [-0.05, 0) is 44.0 Å². The van der Waals surface area contributed by atoms with Crippen molar-refractivity contribution in [3.8, 4) is 0 Å². The molecule has 26 heavy (non-hydrogen) atoms. The first-order chi connectivity index (χ1) is 12.6. The second kappa shape index (κ2) is 8.32. The van der Waals surface area contributed by atoms with E-state index in [0.717, 1.165) is 17.7 Å². The lowest BCUT2D eigenvalue weighted by molar-refractivity contribution is -0.111. The second-order valence-electron chi connectivity index (χ2n) is 6.41. The molecule has 2 aromatic rings. The van der Waals surface area contributed by atoms with E-state index >= 15 is 0 Å². The maximum atomic E-state index is 12.3. The van der Waals surface area contributed by atoms with E-state index in [2.05, 4.69) is 0 Å². The highest BCUT2D eigenvalue weighted by molar-refractivity contribution is 8.13. The SMILES string of the molecule is Cc1ccc(SC(=O)CCCCCN2C(=O)c3ccccc3C2=O)cc1. The lowest BCUT2D eigenvalue weighted by atomic mass is 10.1. The van der Waals surface area contributed by atoms with Crippen LogP contribution in [0.15, 0.2) is 53.4 Å². The van der Waals surface area contributed by atoms with Crippen LogP contribution in [0.1, 0.15) is 52.0 Å². The van der Waals surface area contributed by atoms with Crippen molar-refractivity contribution < 1.29 is 14.4 Å². The zero-order valence-corrected chi connectivity index (χ0v) is 15.6. The Labute approximate surface area is 157 Å². The van der Waals surface area contributed by atoms with Gasteiger partial charge in [0.1, 0.15) is 0 Å². The van der Waals surface area contributed by atoms with Crippen LogP contribution in [0, 0.1) is 6.92 Å². The zero-order valence-electron chi connectivity index (χ0n) is 14.7. The molecule has 134 valence electrons. The number of rotatable bonds is 7. The topological polar surface area (TPSA) is 54.5 Å². The van der Waals surface area contributed by atoms with Crippen molar-refractivity contribution >= 4 is 28.7 Å². The number of hydrogen-bond acceptors (Lipinski definition) is 4. The molecule has 0 aromatic heterocycles. The van der Waals surface area contributed by atoms with E-state index in [4.69, 9.17) is 0 Å². The number of aryl methyl sites for hydroxylation is 1. The molecule has 0 unspecified atom stereocenters. The minimum Gasteiger partial charge on any atom is -0.287 e. The van der Waals surface area contributed by atoms with E-state index in [9.17, 15) is 14.4 Å². The minimum absolute atomic E-state index is 0.148. The zero-order chi connectivity index (χ0) is 18.5.